The molecular weight excluding hydrogens is 304 g/mol. The number of sulfone groups is 1. The van der Waals surface area contributed by atoms with E-state index in [1.54, 1.807) is 0 Å². The average molecular weight is 324 g/mol. The van der Waals surface area contributed by atoms with Gasteiger partial charge in [0.15, 0.2) is 9.84 Å². The first-order chi connectivity index (χ1) is 11.2. The summed E-state index contributed by atoms with van der Waals surface area (Å²) in [5, 5.41) is -0.473. The summed E-state index contributed by atoms with van der Waals surface area (Å²) in [5.41, 5.74) is 4.76. The van der Waals surface area contributed by atoms with Crippen molar-refractivity contribution in [2.75, 3.05) is 0 Å². The SMILES string of the molecule is O=S1(=O)C2C=C(c3ccccc3-c3ccccc3)CC1CCC2. The Morgan fingerprint density at radius 1 is 0.826 bits per heavy atom. The first-order valence-electron chi connectivity index (χ1n) is 8.24. The minimum absolute atomic E-state index is 0.190. The average Bonchev–Trinajstić information content (AvgIpc) is 2.55. The highest BCUT2D eigenvalue weighted by molar-refractivity contribution is 7.93. The molecule has 2 aliphatic rings. The molecule has 2 heterocycles. The van der Waals surface area contributed by atoms with Crippen LogP contribution >= 0.6 is 0 Å². The Labute approximate surface area is 137 Å². The van der Waals surface area contributed by atoms with Crippen LogP contribution in [0.4, 0.5) is 0 Å². The van der Waals surface area contributed by atoms with Crippen molar-refractivity contribution in [2.24, 2.45) is 0 Å². The zero-order valence-corrected chi connectivity index (χ0v) is 13.8. The van der Waals surface area contributed by atoms with Crippen molar-refractivity contribution in [3.05, 3.63) is 66.2 Å². The van der Waals surface area contributed by atoms with Gasteiger partial charge in [-0.05, 0) is 41.5 Å². The second-order valence-corrected chi connectivity index (χ2v) is 8.94. The Hall–Kier alpha value is -1.87. The van der Waals surface area contributed by atoms with E-state index >= 15 is 0 Å². The number of allylic oxidation sites excluding steroid dienone is 1. The van der Waals surface area contributed by atoms with Gasteiger partial charge in [-0.25, -0.2) is 8.42 Å². The standard InChI is InChI=1S/C20H20O2S/c21-23(22)17-9-6-10-18(23)14-16(13-17)20-12-5-4-11-19(20)15-7-2-1-3-8-15/h1-5,7-8,11-13,17-18H,6,9-10,14H2. The van der Waals surface area contributed by atoms with Gasteiger partial charge in [0.25, 0.3) is 0 Å². The molecule has 4 rings (SSSR count). The Morgan fingerprint density at radius 2 is 1.52 bits per heavy atom. The van der Waals surface area contributed by atoms with Gasteiger partial charge < -0.3 is 0 Å². The lowest BCUT2D eigenvalue weighted by molar-refractivity contribution is 0.518. The molecule has 0 aliphatic carbocycles. The lowest BCUT2D eigenvalue weighted by Crippen LogP contribution is -2.38. The van der Waals surface area contributed by atoms with Crippen LogP contribution < -0.4 is 0 Å². The summed E-state index contributed by atoms with van der Waals surface area (Å²) in [6, 6.07) is 18.7. The number of fused-ring (bicyclic) bond motifs is 2. The van der Waals surface area contributed by atoms with E-state index in [4.69, 9.17) is 0 Å². The Balaban J connectivity index is 1.82. The molecule has 2 nitrogen and oxygen atoms in total. The molecule has 2 aromatic rings. The van der Waals surface area contributed by atoms with Crippen molar-refractivity contribution >= 4 is 15.4 Å². The Kier molecular flexibility index (Phi) is 3.61. The van der Waals surface area contributed by atoms with Crippen molar-refractivity contribution in [2.45, 2.75) is 36.2 Å². The van der Waals surface area contributed by atoms with E-state index in [2.05, 4.69) is 24.3 Å². The van der Waals surface area contributed by atoms with Crippen LogP contribution in [0.25, 0.3) is 16.7 Å². The summed E-state index contributed by atoms with van der Waals surface area (Å²) in [7, 11) is -2.96. The second-order valence-electron chi connectivity index (χ2n) is 6.49. The molecular formula is C20H20O2S. The van der Waals surface area contributed by atoms with Crippen molar-refractivity contribution < 1.29 is 8.42 Å². The first kappa shape index (κ1) is 14.7. The quantitative estimate of drug-likeness (QED) is 0.816. The fourth-order valence-corrected chi connectivity index (χ4v) is 6.14. The largest absolute Gasteiger partial charge is 0.228 e. The van der Waals surface area contributed by atoms with Crippen molar-refractivity contribution in [1.29, 1.82) is 0 Å². The van der Waals surface area contributed by atoms with Gasteiger partial charge in [-0.1, -0.05) is 67.1 Å². The number of rotatable bonds is 2. The van der Waals surface area contributed by atoms with Gasteiger partial charge in [0, 0.05) is 0 Å². The molecule has 118 valence electrons. The normalized spacial score (nSPS) is 25.7. The fraction of sp³-hybridized carbons (Fsp3) is 0.300. The maximum atomic E-state index is 12.5. The molecule has 0 aromatic heterocycles. The smallest absolute Gasteiger partial charge is 0.159 e. The monoisotopic (exact) mass is 324 g/mol. The van der Waals surface area contributed by atoms with Crippen LogP contribution in [-0.4, -0.2) is 18.9 Å². The van der Waals surface area contributed by atoms with E-state index in [0.29, 0.717) is 6.42 Å². The van der Waals surface area contributed by atoms with E-state index in [9.17, 15) is 8.42 Å². The first-order valence-corrected chi connectivity index (χ1v) is 9.85. The maximum absolute atomic E-state index is 12.5. The molecule has 0 spiro atoms. The molecule has 1 saturated heterocycles. The van der Waals surface area contributed by atoms with Crippen LogP contribution in [0.1, 0.15) is 31.2 Å². The van der Waals surface area contributed by atoms with Crippen LogP contribution in [0.15, 0.2) is 60.7 Å². The van der Waals surface area contributed by atoms with Crippen molar-refractivity contribution in [3.63, 3.8) is 0 Å². The van der Waals surface area contributed by atoms with Gasteiger partial charge in [0.1, 0.15) is 0 Å². The van der Waals surface area contributed by atoms with Crippen LogP contribution in [0.2, 0.25) is 0 Å². The maximum Gasteiger partial charge on any atom is 0.159 e. The van der Waals surface area contributed by atoms with Gasteiger partial charge in [-0.3, -0.25) is 0 Å². The van der Waals surface area contributed by atoms with Crippen molar-refractivity contribution in [1.82, 2.24) is 0 Å². The predicted octanol–water partition coefficient (Wildman–Crippen LogP) is 4.48. The molecule has 2 bridgehead atoms. The summed E-state index contributed by atoms with van der Waals surface area (Å²) < 4.78 is 25.0. The third kappa shape index (κ3) is 2.53. The van der Waals surface area contributed by atoms with Gasteiger partial charge in [0.05, 0.1) is 10.5 Å². The minimum atomic E-state index is -2.96. The van der Waals surface area contributed by atoms with Gasteiger partial charge in [0.2, 0.25) is 0 Å². The molecule has 0 radical (unpaired) electrons. The van der Waals surface area contributed by atoms with E-state index in [1.807, 2.05) is 36.4 Å². The van der Waals surface area contributed by atoms with Gasteiger partial charge in [-0.15, -0.1) is 0 Å². The van der Waals surface area contributed by atoms with E-state index in [-0.39, 0.29) is 10.5 Å². The second kappa shape index (κ2) is 5.64. The lowest BCUT2D eigenvalue weighted by Gasteiger charge is -2.34. The molecule has 2 unspecified atom stereocenters. The van der Waals surface area contributed by atoms with Gasteiger partial charge >= 0.3 is 0 Å². The zero-order chi connectivity index (χ0) is 15.9. The lowest BCUT2D eigenvalue weighted by atomic mass is 9.88. The fourth-order valence-electron chi connectivity index (χ4n) is 3.89. The van der Waals surface area contributed by atoms with E-state index < -0.39 is 9.84 Å². The summed E-state index contributed by atoms with van der Waals surface area (Å²) in [6.07, 6.45) is 5.29. The molecule has 0 N–H and O–H groups in total. The number of hydrogen-bond acceptors (Lipinski definition) is 2. The zero-order valence-electron chi connectivity index (χ0n) is 13.0. The highest BCUT2D eigenvalue weighted by Crippen LogP contribution is 2.41. The van der Waals surface area contributed by atoms with Gasteiger partial charge in [-0.2, -0.15) is 0 Å². The third-order valence-corrected chi connectivity index (χ3v) is 7.64. The highest BCUT2D eigenvalue weighted by Gasteiger charge is 2.40. The topological polar surface area (TPSA) is 34.1 Å². The molecule has 2 atom stereocenters. The Bertz CT molecular complexity index is 850. The highest BCUT2D eigenvalue weighted by atomic mass is 32.2. The van der Waals surface area contributed by atoms with Crippen LogP contribution in [0, 0.1) is 0 Å². The van der Waals surface area contributed by atoms with Crippen LogP contribution in [-0.2, 0) is 9.84 Å². The molecule has 0 amide bonds. The molecule has 3 heteroatoms. The molecule has 0 saturated carbocycles. The summed E-state index contributed by atoms with van der Waals surface area (Å²) in [4.78, 5) is 0. The summed E-state index contributed by atoms with van der Waals surface area (Å²) in [6.45, 7) is 0. The van der Waals surface area contributed by atoms with Crippen LogP contribution in [0.5, 0.6) is 0 Å². The predicted molar refractivity (Wildman–Crippen MR) is 94.8 cm³/mol. The third-order valence-electron chi connectivity index (χ3n) is 5.09. The number of benzene rings is 2. The van der Waals surface area contributed by atoms with E-state index in [0.717, 1.165) is 19.3 Å². The molecule has 1 fully saturated rings. The molecule has 23 heavy (non-hydrogen) atoms. The van der Waals surface area contributed by atoms with E-state index in [1.165, 1.54) is 22.3 Å². The summed E-state index contributed by atoms with van der Waals surface area (Å²) in [5.74, 6) is 0. The van der Waals surface area contributed by atoms with Crippen molar-refractivity contribution in [3.8, 4) is 11.1 Å². The minimum Gasteiger partial charge on any atom is -0.228 e. The Morgan fingerprint density at radius 3 is 2.26 bits per heavy atom. The van der Waals surface area contributed by atoms with Crippen LogP contribution in [0.3, 0.4) is 0 Å². The molecule has 2 aliphatic heterocycles. The molecule has 2 aromatic carbocycles. The number of hydrogen-bond donors (Lipinski definition) is 0. The summed E-state index contributed by atoms with van der Waals surface area (Å²) >= 11 is 0.